The van der Waals surface area contributed by atoms with Crippen molar-refractivity contribution in [3.63, 3.8) is 0 Å². The molecule has 1 aromatic heterocycles. The fraction of sp³-hybridized carbons (Fsp3) is 0.828. The van der Waals surface area contributed by atoms with Gasteiger partial charge in [-0.3, -0.25) is 4.68 Å². The third-order valence-electron chi connectivity index (χ3n) is 11.4. The molecule has 10 atom stereocenters. The molecule has 1 N–H and O–H groups in total. The summed E-state index contributed by atoms with van der Waals surface area (Å²) >= 11 is 0. The fourth-order valence-electron chi connectivity index (χ4n) is 9.92. The second-order valence-electron chi connectivity index (χ2n) is 13.0. The van der Waals surface area contributed by atoms with E-state index in [1.165, 1.54) is 63.9 Å². The first kappa shape index (κ1) is 22.6. The summed E-state index contributed by atoms with van der Waals surface area (Å²) in [6.45, 7) is 5.29. The van der Waals surface area contributed by atoms with E-state index in [-0.39, 0.29) is 17.0 Å². The molecule has 0 bridgehead atoms. The average Bonchev–Trinajstić information content (AvgIpc) is 3.52. The molecule has 5 heteroatoms. The Balaban J connectivity index is 1.27. The zero-order chi connectivity index (χ0) is 23.6. The highest BCUT2D eigenvalue weighted by Gasteiger charge is 2.63. The molecular weight excluding hydrogens is 420 g/mol. The zero-order valence-electron chi connectivity index (χ0n) is 20.9. The summed E-state index contributed by atoms with van der Waals surface area (Å²) in [5, 5.41) is 34.6. The van der Waals surface area contributed by atoms with Crippen molar-refractivity contribution in [3.05, 3.63) is 17.5 Å². The van der Waals surface area contributed by atoms with E-state index in [9.17, 15) is 15.6 Å². The van der Waals surface area contributed by atoms with Crippen LogP contribution in [0.1, 0.15) is 89.4 Å². The van der Waals surface area contributed by atoms with Crippen LogP contribution in [0.5, 0.6) is 0 Å². The number of hydrogen-bond donors (Lipinski definition) is 1. The first-order valence-corrected chi connectivity index (χ1v) is 14.0. The van der Waals surface area contributed by atoms with Crippen LogP contribution in [0.3, 0.4) is 0 Å². The summed E-state index contributed by atoms with van der Waals surface area (Å²) in [6, 6.07) is 5.73. The quantitative estimate of drug-likeness (QED) is 0.640. The molecule has 2 unspecified atom stereocenters. The lowest BCUT2D eigenvalue weighted by Crippen LogP contribution is -2.51. The van der Waals surface area contributed by atoms with E-state index in [4.69, 9.17) is 0 Å². The lowest BCUT2D eigenvalue weighted by Gasteiger charge is -2.57. The number of fused-ring (bicyclic) bond motifs is 5. The minimum Gasteiger partial charge on any atom is -0.391 e. The first-order chi connectivity index (χ1) is 16.4. The van der Waals surface area contributed by atoms with Crippen LogP contribution in [-0.2, 0) is 6.54 Å². The molecule has 34 heavy (non-hydrogen) atoms. The topological polar surface area (TPSA) is 85.6 Å². The van der Waals surface area contributed by atoms with E-state index in [1.807, 2.05) is 6.07 Å². The molecule has 5 aliphatic carbocycles. The van der Waals surface area contributed by atoms with Gasteiger partial charge in [0, 0.05) is 6.07 Å². The van der Waals surface area contributed by atoms with Crippen LogP contribution in [0.25, 0.3) is 0 Å². The Labute approximate surface area is 204 Å². The van der Waals surface area contributed by atoms with Crippen molar-refractivity contribution in [1.29, 1.82) is 10.5 Å². The smallest absolute Gasteiger partial charge is 0.163 e. The Morgan fingerprint density at radius 2 is 1.76 bits per heavy atom. The molecule has 0 aromatic carbocycles. The number of aliphatic hydroxyl groups is 1. The summed E-state index contributed by atoms with van der Waals surface area (Å²) in [4.78, 5) is 0. The van der Waals surface area contributed by atoms with E-state index < -0.39 is 6.10 Å². The molecule has 0 aliphatic heterocycles. The number of nitrogens with zero attached hydrogens (tertiary/aromatic N) is 4. The minimum atomic E-state index is -0.516. The van der Waals surface area contributed by atoms with Crippen LogP contribution in [0.4, 0.5) is 0 Å². The standard InChI is InChI=1S/C29H40N4O/c1-17-3-7-22-19(11-17)6-8-24-23(22)9-10-29(2)26(13-25(28(24)29)18-4-5-18)27(34)16-33-21(15-31)12-20(14-30)32-33/h12,17-19,22-28,34H,3-11,13,16H2,1-2H3/t17-,19+,22-,23+,24+,25-,26+,27?,28?,29+/m0/s1. The summed E-state index contributed by atoms with van der Waals surface area (Å²) in [7, 11) is 0. The second-order valence-corrected chi connectivity index (χ2v) is 13.0. The monoisotopic (exact) mass is 460 g/mol. The molecule has 0 saturated heterocycles. The van der Waals surface area contributed by atoms with Gasteiger partial charge >= 0.3 is 0 Å². The number of aliphatic hydroxyl groups excluding tert-OH is 1. The Bertz CT molecular complexity index is 1010. The largest absolute Gasteiger partial charge is 0.391 e. The Morgan fingerprint density at radius 3 is 2.50 bits per heavy atom. The van der Waals surface area contributed by atoms with Gasteiger partial charge in [0.25, 0.3) is 0 Å². The van der Waals surface area contributed by atoms with E-state index in [0.29, 0.717) is 12.2 Å². The average molecular weight is 461 g/mol. The molecule has 5 aliphatic rings. The SMILES string of the molecule is C[C@H]1CC[C@H]2[C@H](CC[C@H]3C4[C@H](C5CC5)C[C@H](C(O)Cn5nc(C#N)cc5C#N)[C@@]4(C)CC[C@H]23)C1. The molecule has 0 radical (unpaired) electrons. The summed E-state index contributed by atoms with van der Waals surface area (Å²) < 4.78 is 1.58. The van der Waals surface area contributed by atoms with Gasteiger partial charge in [-0.25, -0.2) is 0 Å². The predicted molar refractivity (Wildman–Crippen MR) is 129 cm³/mol. The van der Waals surface area contributed by atoms with Crippen LogP contribution in [0, 0.1) is 81.3 Å². The summed E-state index contributed by atoms with van der Waals surface area (Å²) in [5.74, 6) is 7.24. The highest BCUT2D eigenvalue weighted by molar-refractivity contribution is 5.30. The van der Waals surface area contributed by atoms with E-state index in [1.54, 1.807) is 4.68 Å². The van der Waals surface area contributed by atoms with Crippen LogP contribution < -0.4 is 0 Å². The maximum Gasteiger partial charge on any atom is 0.163 e. The van der Waals surface area contributed by atoms with Crippen molar-refractivity contribution in [3.8, 4) is 12.1 Å². The van der Waals surface area contributed by atoms with Crippen LogP contribution in [0.2, 0.25) is 0 Å². The van der Waals surface area contributed by atoms with Crippen molar-refractivity contribution in [2.45, 2.75) is 90.7 Å². The van der Waals surface area contributed by atoms with Gasteiger partial charge in [0.2, 0.25) is 0 Å². The summed E-state index contributed by atoms with van der Waals surface area (Å²) in [5.41, 5.74) is 0.817. The molecule has 6 rings (SSSR count). The first-order valence-electron chi connectivity index (χ1n) is 14.0. The highest BCUT2D eigenvalue weighted by Crippen LogP contribution is 2.69. The zero-order valence-corrected chi connectivity index (χ0v) is 20.9. The fourth-order valence-corrected chi connectivity index (χ4v) is 9.92. The van der Waals surface area contributed by atoms with E-state index in [2.05, 4.69) is 25.0 Å². The lowest BCUT2D eigenvalue weighted by molar-refractivity contribution is -0.0945. The lowest BCUT2D eigenvalue weighted by atomic mass is 9.48. The molecular formula is C29H40N4O. The molecule has 5 nitrogen and oxygen atoms in total. The molecule has 5 saturated carbocycles. The van der Waals surface area contributed by atoms with Gasteiger partial charge in [0.1, 0.15) is 17.8 Å². The van der Waals surface area contributed by atoms with Crippen molar-refractivity contribution < 1.29 is 5.11 Å². The van der Waals surface area contributed by atoms with Gasteiger partial charge in [-0.1, -0.05) is 20.3 Å². The molecule has 0 spiro atoms. The normalized spacial score (nSPS) is 44.3. The van der Waals surface area contributed by atoms with Gasteiger partial charge in [0.15, 0.2) is 5.69 Å². The van der Waals surface area contributed by atoms with Crippen LogP contribution >= 0.6 is 0 Å². The van der Waals surface area contributed by atoms with Gasteiger partial charge in [0.05, 0.1) is 12.6 Å². The van der Waals surface area contributed by atoms with Crippen molar-refractivity contribution in [1.82, 2.24) is 9.78 Å². The highest BCUT2D eigenvalue weighted by atomic mass is 16.3. The van der Waals surface area contributed by atoms with Crippen molar-refractivity contribution in [2.75, 3.05) is 0 Å². The maximum absolute atomic E-state index is 11.6. The number of aromatic nitrogens is 2. The molecule has 1 heterocycles. The van der Waals surface area contributed by atoms with Gasteiger partial charge in [-0.2, -0.15) is 15.6 Å². The van der Waals surface area contributed by atoms with Crippen LogP contribution in [0.15, 0.2) is 6.07 Å². The Morgan fingerprint density at radius 1 is 1.00 bits per heavy atom. The third kappa shape index (κ3) is 3.53. The molecule has 182 valence electrons. The van der Waals surface area contributed by atoms with Crippen LogP contribution in [-0.4, -0.2) is 21.0 Å². The van der Waals surface area contributed by atoms with Gasteiger partial charge in [-0.15, -0.1) is 0 Å². The van der Waals surface area contributed by atoms with E-state index in [0.717, 1.165) is 53.8 Å². The number of rotatable bonds is 4. The Hall–Kier alpha value is -1.85. The molecule has 1 aromatic rings. The minimum absolute atomic E-state index is 0.181. The molecule has 5 fully saturated rings. The Kier molecular flexibility index (Phi) is 5.57. The van der Waals surface area contributed by atoms with Gasteiger partial charge < -0.3 is 5.11 Å². The number of hydrogen-bond acceptors (Lipinski definition) is 4. The van der Waals surface area contributed by atoms with Gasteiger partial charge in [-0.05, 0) is 116 Å². The second kappa shape index (κ2) is 8.37. The predicted octanol–water partition coefficient (Wildman–Crippen LogP) is 5.53. The van der Waals surface area contributed by atoms with Crippen molar-refractivity contribution in [2.24, 2.45) is 58.7 Å². The van der Waals surface area contributed by atoms with Crippen molar-refractivity contribution >= 4 is 0 Å². The molecule has 0 amide bonds. The third-order valence-corrected chi connectivity index (χ3v) is 11.4. The maximum atomic E-state index is 11.6. The van der Waals surface area contributed by atoms with E-state index >= 15 is 0 Å². The summed E-state index contributed by atoms with van der Waals surface area (Å²) in [6.07, 6.45) is 13.1. The number of nitriles is 2.